The molecule has 1 aliphatic heterocycles. The highest BCUT2D eigenvalue weighted by atomic mass is 32.1. The Morgan fingerprint density at radius 3 is 2.70 bits per heavy atom. The molecule has 23 heavy (non-hydrogen) atoms. The molecule has 2 aromatic rings. The lowest BCUT2D eigenvalue weighted by molar-refractivity contribution is -0.118. The van der Waals surface area contributed by atoms with Gasteiger partial charge in [-0.2, -0.15) is 0 Å². The van der Waals surface area contributed by atoms with Crippen molar-refractivity contribution in [2.75, 3.05) is 11.4 Å². The van der Waals surface area contributed by atoms with Crippen molar-refractivity contribution in [1.29, 1.82) is 0 Å². The van der Waals surface area contributed by atoms with Crippen molar-refractivity contribution < 1.29 is 9.59 Å². The van der Waals surface area contributed by atoms with Gasteiger partial charge in [-0.1, -0.05) is 18.2 Å². The Balaban J connectivity index is 1.66. The number of hydrogen-bond acceptors (Lipinski definition) is 3. The largest absolute Gasteiger partial charge is 0.312 e. The van der Waals surface area contributed by atoms with Crippen molar-refractivity contribution in [2.24, 2.45) is 0 Å². The van der Waals surface area contributed by atoms with E-state index in [0.29, 0.717) is 0 Å². The van der Waals surface area contributed by atoms with Crippen LogP contribution in [0.5, 0.6) is 0 Å². The first kappa shape index (κ1) is 15.9. The third kappa shape index (κ3) is 3.37. The minimum absolute atomic E-state index is 0.0510. The van der Waals surface area contributed by atoms with Crippen molar-refractivity contribution in [3.8, 4) is 0 Å². The summed E-state index contributed by atoms with van der Waals surface area (Å²) in [7, 11) is 0. The molecule has 0 spiro atoms. The number of benzene rings is 1. The van der Waals surface area contributed by atoms with Crippen LogP contribution in [0.1, 0.15) is 44.9 Å². The first-order chi connectivity index (χ1) is 11.1. The topological polar surface area (TPSA) is 37.4 Å². The number of anilines is 1. The molecule has 0 radical (unpaired) electrons. The maximum Gasteiger partial charge on any atom is 0.227 e. The summed E-state index contributed by atoms with van der Waals surface area (Å²) in [6, 6.07) is 9.99. The van der Waals surface area contributed by atoms with Gasteiger partial charge in [0.1, 0.15) is 0 Å². The number of nitrogens with zero attached hydrogens (tertiary/aromatic N) is 1. The number of thiophene rings is 1. The average Bonchev–Trinajstić information content (AvgIpc) is 2.90. The van der Waals surface area contributed by atoms with Gasteiger partial charge in [-0.15, -0.1) is 11.3 Å². The quantitative estimate of drug-likeness (QED) is 0.785. The Morgan fingerprint density at radius 2 is 1.96 bits per heavy atom. The molecule has 3 rings (SSSR count). The van der Waals surface area contributed by atoms with E-state index in [2.05, 4.69) is 6.07 Å². The van der Waals surface area contributed by atoms with Crippen LogP contribution in [0.2, 0.25) is 0 Å². The number of aryl methyl sites for hydroxylation is 3. The standard InChI is InChI=1S/C19H21NO2S/c1-13-12-16(14(2)23-13)18(21)9-10-19(22)20-11-5-7-15-6-3-4-8-17(15)20/h3-4,6,8,12H,5,7,9-11H2,1-2H3. The molecule has 0 saturated heterocycles. The number of carbonyl (C=O) groups excluding carboxylic acids is 2. The second-order valence-electron chi connectivity index (χ2n) is 6.03. The van der Waals surface area contributed by atoms with Gasteiger partial charge in [0, 0.05) is 40.4 Å². The SMILES string of the molecule is Cc1cc(C(=O)CCC(=O)N2CCCc3ccccc32)c(C)s1. The number of Topliss-reactive ketones (excluding diaryl/α,β-unsaturated/α-hetero) is 1. The highest BCUT2D eigenvalue weighted by molar-refractivity contribution is 7.12. The summed E-state index contributed by atoms with van der Waals surface area (Å²) >= 11 is 1.63. The fourth-order valence-electron chi connectivity index (χ4n) is 3.19. The second kappa shape index (κ2) is 6.67. The third-order valence-corrected chi connectivity index (χ3v) is 5.28. The van der Waals surface area contributed by atoms with Crippen LogP contribution in [-0.2, 0) is 11.2 Å². The molecule has 0 N–H and O–H groups in total. The average molecular weight is 327 g/mol. The first-order valence-electron chi connectivity index (χ1n) is 8.05. The van der Waals surface area contributed by atoms with E-state index < -0.39 is 0 Å². The summed E-state index contributed by atoms with van der Waals surface area (Å²) in [5.74, 6) is 0.126. The molecular formula is C19H21NO2S. The molecule has 1 aromatic carbocycles. The van der Waals surface area contributed by atoms with Gasteiger partial charge in [-0.05, 0) is 44.4 Å². The van der Waals surface area contributed by atoms with E-state index in [-0.39, 0.29) is 24.5 Å². The van der Waals surface area contributed by atoms with Crippen LogP contribution in [-0.4, -0.2) is 18.2 Å². The number of carbonyl (C=O) groups is 2. The normalized spacial score (nSPS) is 13.7. The molecule has 0 unspecified atom stereocenters. The van der Waals surface area contributed by atoms with Crippen LogP contribution < -0.4 is 4.90 Å². The Hall–Kier alpha value is -1.94. The summed E-state index contributed by atoms with van der Waals surface area (Å²) in [6.45, 7) is 4.72. The number of rotatable bonds is 4. The molecule has 0 atom stereocenters. The van der Waals surface area contributed by atoms with Crippen molar-refractivity contribution in [2.45, 2.75) is 39.5 Å². The second-order valence-corrected chi connectivity index (χ2v) is 7.49. The number of ketones is 1. The Morgan fingerprint density at radius 1 is 1.17 bits per heavy atom. The summed E-state index contributed by atoms with van der Waals surface area (Å²) < 4.78 is 0. The lowest BCUT2D eigenvalue weighted by Crippen LogP contribution is -2.35. The molecule has 2 heterocycles. The molecule has 120 valence electrons. The molecule has 4 heteroatoms. The van der Waals surface area contributed by atoms with Gasteiger partial charge < -0.3 is 4.90 Å². The molecule has 0 fully saturated rings. The van der Waals surface area contributed by atoms with Crippen LogP contribution in [0.25, 0.3) is 0 Å². The summed E-state index contributed by atoms with van der Waals surface area (Å²) in [5, 5.41) is 0. The Bertz CT molecular complexity index is 748. The molecule has 1 aliphatic rings. The maximum absolute atomic E-state index is 12.6. The number of amides is 1. The van der Waals surface area contributed by atoms with Crippen LogP contribution in [0.3, 0.4) is 0 Å². The fraction of sp³-hybridized carbons (Fsp3) is 0.368. The maximum atomic E-state index is 12.6. The van der Waals surface area contributed by atoms with Gasteiger partial charge in [-0.25, -0.2) is 0 Å². The molecule has 0 aliphatic carbocycles. The van der Waals surface area contributed by atoms with Gasteiger partial charge in [-0.3, -0.25) is 9.59 Å². The van der Waals surface area contributed by atoms with Gasteiger partial charge in [0.15, 0.2) is 5.78 Å². The Labute approximate surface area is 140 Å². The van der Waals surface area contributed by atoms with Crippen molar-refractivity contribution in [3.05, 3.63) is 51.2 Å². The minimum atomic E-state index is 0.0510. The van der Waals surface area contributed by atoms with Crippen LogP contribution in [0.15, 0.2) is 30.3 Å². The zero-order valence-electron chi connectivity index (χ0n) is 13.6. The van der Waals surface area contributed by atoms with E-state index in [1.165, 1.54) is 5.56 Å². The number of hydrogen-bond donors (Lipinski definition) is 0. The lowest BCUT2D eigenvalue weighted by Gasteiger charge is -2.29. The predicted octanol–water partition coefficient (Wildman–Crippen LogP) is 4.31. The molecule has 0 bridgehead atoms. The highest BCUT2D eigenvalue weighted by Gasteiger charge is 2.23. The zero-order chi connectivity index (χ0) is 16.4. The van der Waals surface area contributed by atoms with E-state index in [1.807, 2.05) is 43.0 Å². The van der Waals surface area contributed by atoms with Crippen molar-refractivity contribution in [1.82, 2.24) is 0 Å². The van der Waals surface area contributed by atoms with Crippen LogP contribution in [0.4, 0.5) is 5.69 Å². The van der Waals surface area contributed by atoms with Gasteiger partial charge in [0.05, 0.1) is 0 Å². The number of fused-ring (bicyclic) bond motifs is 1. The van der Waals surface area contributed by atoms with Crippen molar-refractivity contribution >= 4 is 28.7 Å². The molecule has 1 amide bonds. The number of para-hydroxylation sites is 1. The van der Waals surface area contributed by atoms with Gasteiger partial charge in [0.25, 0.3) is 0 Å². The van der Waals surface area contributed by atoms with E-state index >= 15 is 0 Å². The van der Waals surface area contributed by atoms with Crippen LogP contribution in [0, 0.1) is 13.8 Å². The fourth-order valence-corrected chi connectivity index (χ4v) is 4.13. The molecule has 1 aromatic heterocycles. The minimum Gasteiger partial charge on any atom is -0.312 e. The van der Waals surface area contributed by atoms with Crippen molar-refractivity contribution in [3.63, 3.8) is 0 Å². The lowest BCUT2D eigenvalue weighted by atomic mass is 10.0. The molecule has 3 nitrogen and oxygen atoms in total. The van der Waals surface area contributed by atoms with E-state index in [0.717, 1.165) is 40.4 Å². The van der Waals surface area contributed by atoms with E-state index in [1.54, 1.807) is 11.3 Å². The zero-order valence-corrected chi connectivity index (χ0v) is 14.4. The van der Waals surface area contributed by atoms with E-state index in [9.17, 15) is 9.59 Å². The molecule has 0 saturated carbocycles. The van der Waals surface area contributed by atoms with Crippen LogP contribution >= 0.6 is 11.3 Å². The summed E-state index contributed by atoms with van der Waals surface area (Å²) in [5.41, 5.74) is 3.01. The van der Waals surface area contributed by atoms with E-state index in [4.69, 9.17) is 0 Å². The Kier molecular flexibility index (Phi) is 4.62. The van der Waals surface area contributed by atoms with Gasteiger partial charge in [0.2, 0.25) is 5.91 Å². The predicted molar refractivity (Wildman–Crippen MR) is 94.5 cm³/mol. The monoisotopic (exact) mass is 327 g/mol. The first-order valence-corrected chi connectivity index (χ1v) is 8.86. The smallest absolute Gasteiger partial charge is 0.227 e. The van der Waals surface area contributed by atoms with Gasteiger partial charge >= 0.3 is 0 Å². The highest BCUT2D eigenvalue weighted by Crippen LogP contribution is 2.28. The summed E-state index contributed by atoms with van der Waals surface area (Å²) in [6.07, 6.45) is 2.57. The third-order valence-electron chi connectivity index (χ3n) is 4.32. The molecular weight excluding hydrogens is 306 g/mol. The summed E-state index contributed by atoms with van der Waals surface area (Å²) in [4.78, 5) is 28.9.